The number of aromatic nitrogens is 2. The first kappa shape index (κ1) is 14.4. The third kappa shape index (κ3) is 3.13. The monoisotopic (exact) mass is 297 g/mol. The van der Waals surface area contributed by atoms with Crippen LogP contribution in [0, 0.1) is 6.92 Å². The first-order valence-electron chi connectivity index (χ1n) is 5.79. The molecule has 2 aromatic heterocycles. The number of nitrogen functional groups attached to an aromatic ring is 1. The number of hydrazine groups is 1. The standard InChI is InChI=1S/C11H15N5O3S/c1-7-5-14-11(19-7)8(2)16-20(17,18)9-3-4-10(15-12)13-6-9/h3-6,8,16H,12H2,1-2H3,(H,13,15). The average Bonchev–Trinajstić information content (AvgIpc) is 2.85. The van der Waals surface area contributed by atoms with E-state index in [-0.39, 0.29) is 4.90 Å². The highest BCUT2D eigenvalue weighted by Crippen LogP contribution is 2.17. The van der Waals surface area contributed by atoms with Crippen LogP contribution in [0.15, 0.2) is 33.8 Å². The average molecular weight is 297 g/mol. The van der Waals surface area contributed by atoms with E-state index in [0.29, 0.717) is 17.5 Å². The number of anilines is 1. The highest BCUT2D eigenvalue weighted by Gasteiger charge is 2.21. The molecule has 8 nitrogen and oxygen atoms in total. The minimum atomic E-state index is -3.70. The molecule has 1 atom stereocenters. The van der Waals surface area contributed by atoms with E-state index < -0.39 is 16.1 Å². The zero-order chi connectivity index (χ0) is 14.8. The van der Waals surface area contributed by atoms with Gasteiger partial charge in [-0.3, -0.25) is 0 Å². The van der Waals surface area contributed by atoms with Gasteiger partial charge in [-0.25, -0.2) is 24.2 Å². The van der Waals surface area contributed by atoms with Gasteiger partial charge in [-0.15, -0.1) is 0 Å². The first-order valence-corrected chi connectivity index (χ1v) is 7.28. The Morgan fingerprint density at radius 1 is 1.30 bits per heavy atom. The summed E-state index contributed by atoms with van der Waals surface area (Å²) in [6, 6.07) is 2.29. The molecule has 4 N–H and O–H groups in total. The van der Waals surface area contributed by atoms with E-state index in [1.54, 1.807) is 13.8 Å². The Hall–Kier alpha value is -1.97. The van der Waals surface area contributed by atoms with Gasteiger partial charge < -0.3 is 9.84 Å². The van der Waals surface area contributed by atoms with Crippen molar-refractivity contribution in [2.24, 2.45) is 5.84 Å². The molecule has 0 radical (unpaired) electrons. The van der Waals surface area contributed by atoms with Crippen LogP contribution in [-0.4, -0.2) is 18.4 Å². The number of sulfonamides is 1. The van der Waals surface area contributed by atoms with Crippen molar-refractivity contribution in [3.8, 4) is 0 Å². The molecule has 0 saturated heterocycles. The quantitative estimate of drug-likeness (QED) is 0.548. The Balaban J connectivity index is 2.17. The number of nitrogens with two attached hydrogens (primary N) is 1. The molecule has 2 heterocycles. The lowest BCUT2D eigenvalue weighted by molar-refractivity contribution is 0.428. The van der Waals surface area contributed by atoms with Gasteiger partial charge in [0.25, 0.3) is 0 Å². The summed E-state index contributed by atoms with van der Waals surface area (Å²) in [7, 11) is -3.70. The Kier molecular flexibility index (Phi) is 4.02. The lowest BCUT2D eigenvalue weighted by Gasteiger charge is -2.11. The van der Waals surface area contributed by atoms with Crippen LogP contribution in [0.3, 0.4) is 0 Å². The smallest absolute Gasteiger partial charge is 0.242 e. The van der Waals surface area contributed by atoms with Crippen molar-refractivity contribution in [2.45, 2.75) is 24.8 Å². The van der Waals surface area contributed by atoms with Crippen LogP contribution in [0.25, 0.3) is 0 Å². The molecule has 20 heavy (non-hydrogen) atoms. The summed E-state index contributed by atoms with van der Waals surface area (Å²) in [5.74, 6) is 6.47. The lowest BCUT2D eigenvalue weighted by Crippen LogP contribution is -2.27. The molecule has 1 unspecified atom stereocenters. The number of oxazole rings is 1. The number of nitrogens with one attached hydrogen (secondary N) is 2. The second-order valence-corrected chi connectivity index (χ2v) is 5.89. The molecule has 0 aliphatic carbocycles. The maximum atomic E-state index is 12.2. The molecule has 0 fully saturated rings. The van der Waals surface area contributed by atoms with E-state index in [1.807, 2.05) is 0 Å². The van der Waals surface area contributed by atoms with Crippen LogP contribution in [-0.2, 0) is 10.0 Å². The number of nitrogens with zero attached hydrogens (tertiary/aromatic N) is 2. The predicted octanol–water partition coefficient (Wildman–Crippen LogP) is 0.703. The fourth-order valence-electron chi connectivity index (χ4n) is 1.55. The van der Waals surface area contributed by atoms with Crippen LogP contribution in [0.1, 0.15) is 24.6 Å². The molecule has 0 spiro atoms. The summed E-state index contributed by atoms with van der Waals surface area (Å²) in [6.07, 6.45) is 2.74. The second kappa shape index (κ2) is 5.57. The molecular formula is C11H15N5O3S. The minimum absolute atomic E-state index is 0.0339. The molecule has 0 bridgehead atoms. The molecule has 9 heteroatoms. The number of rotatable bonds is 5. The van der Waals surface area contributed by atoms with Crippen molar-refractivity contribution in [1.29, 1.82) is 0 Å². The SMILES string of the molecule is Cc1cnc(C(C)NS(=O)(=O)c2ccc(NN)nc2)o1. The third-order valence-corrected chi connectivity index (χ3v) is 4.06. The van der Waals surface area contributed by atoms with Gasteiger partial charge >= 0.3 is 0 Å². The van der Waals surface area contributed by atoms with Crippen molar-refractivity contribution in [2.75, 3.05) is 5.43 Å². The van der Waals surface area contributed by atoms with E-state index in [2.05, 4.69) is 20.1 Å². The van der Waals surface area contributed by atoms with Gasteiger partial charge in [-0.2, -0.15) is 4.72 Å². The molecular weight excluding hydrogens is 282 g/mol. The summed E-state index contributed by atoms with van der Waals surface area (Å²) in [5, 5.41) is 0. The van der Waals surface area contributed by atoms with Crippen LogP contribution < -0.4 is 16.0 Å². The molecule has 2 aromatic rings. The van der Waals surface area contributed by atoms with Crippen molar-refractivity contribution in [3.63, 3.8) is 0 Å². The number of pyridine rings is 1. The number of hydrogen-bond donors (Lipinski definition) is 3. The van der Waals surface area contributed by atoms with E-state index in [1.165, 1.54) is 24.5 Å². The van der Waals surface area contributed by atoms with E-state index >= 15 is 0 Å². The Morgan fingerprint density at radius 2 is 2.05 bits per heavy atom. The zero-order valence-electron chi connectivity index (χ0n) is 11.0. The maximum Gasteiger partial charge on any atom is 0.242 e. The summed E-state index contributed by atoms with van der Waals surface area (Å²) < 4.78 is 32.0. The van der Waals surface area contributed by atoms with Gasteiger partial charge in [0.1, 0.15) is 16.5 Å². The zero-order valence-corrected chi connectivity index (χ0v) is 11.8. The minimum Gasteiger partial charge on any atom is -0.444 e. The first-order chi connectivity index (χ1) is 9.42. The normalized spacial score (nSPS) is 13.2. The second-order valence-electron chi connectivity index (χ2n) is 4.18. The van der Waals surface area contributed by atoms with Crippen LogP contribution >= 0.6 is 0 Å². The van der Waals surface area contributed by atoms with Crippen LogP contribution in [0.2, 0.25) is 0 Å². The van der Waals surface area contributed by atoms with Gasteiger partial charge in [0.2, 0.25) is 15.9 Å². The molecule has 0 aromatic carbocycles. The van der Waals surface area contributed by atoms with Gasteiger partial charge in [-0.05, 0) is 26.0 Å². The Labute approximate surface area is 116 Å². The summed E-state index contributed by atoms with van der Waals surface area (Å²) >= 11 is 0. The van der Waals surface area contributed by atoms with Crippen LogP contribution in [0.5, 0.6) is 0 Å². The van der Waals surface area contributed by atoms with E-state index in [0.717, 1.165) is 0 Å². The fourth-order valence-corrected chi connectivity index (χ4v) is 2.69. The Bertz CT molecular complexity index is 680. The molecule has 0 aliphatic heterocycles. The van der Waals surface area contributed by atoms with Gasteiger partial charge in [-0.1, -0.05) is 0 Å². The van der Waals surface area contributed by atoms with Crippen molar-refractivity contribution < 1.29 is 12.8 Å². The highest BCUT2D eigenvalue weighted by atomic mass is 32.2. The van der Waals surface area contributed by atoms with Gasteiger partial charge in [0.15, 0.2) is 0 Å². The highest BCUT2D eigenvalue weighted by molar-refractivity contribution is 7.89. The largest absolute Gasteiger partial charge is 0.444 e. The van der Waals surface area contributed by atoms with Crippen molar-refractivity contribution >= 4 is 15.8 Å². The fraction of sp³-hybridized carbons (Fsp3) is 0.273. The summed E-state index contributed by atoms with van der Waals surface area (Å²) in [5.41, 5.74) is 2.32. The Morgan fingerprint density at radius 3 is 2.55 bits per heavy atom. The number of hydrogen-bond acceptors (Lipinski definition) is 7. The number of aryl methyl sites for hydroxylation is 1. The molecule has 0 amide bonds. The van der Waals surface area contributed by atoms with Gasteiger partial charge in [0.05, 0.1) is 12.2 Å². The lowest BCUT2D eigenvalue weighted by atomic mass is 10.4. The topological polar surface area (TPSA) is 123 Å². The predicted molar refractivity (Wildman–Crippen MR) is 72.0 cm³/mol. The molecule has 0 saturated carbocycles. The van der Waals surface area contributed by atoms with Crippen LogP contribution in [0.4, 0.5) is 5.82 Å². The molecule has 108 valence electrons. The third-order valence-electron chi connectivity index (χ3n) is 2.54. The van der Waals surface area contributed by atoms with Gasteiger partial charge in [0, 0.05) is 6.20 Å². The van der Waals surface area contributed by atoms with E-state index in [4.69, 9.17) is 10.3 Å². The van der Waals surface area contributed by atoms with Crippen molar-refractivity contribution in [3.05, 3.63) is 36.2 Å². The van der Waals surface area contributed by atoms with Crippen molar-refractivity contribution in [1.82, 2.24) is 14.7 Å². The summed E-state index contributed by atoms with van der Waals surface area (Å²) in [4.78, 5) is 7.87. The molecule has 0 aliphatic rings. The maximum absolute atomic E-state index is 12.2. The van der Waals surface area contributed by atoms with E-state index in [9.17, 15) is 8.42 Å². The summed E-state index contributed by atoms with van der Waals surface area (Å²) in [6.45, 7) is 3.38. The molecule has 2 rings (SSSR count).